The molecule has 0 saturated heterocycles. The smallest absolute Gasteiger partial charge is 0.203 e. The number of nitrogens with zero attached hydrogens (tertiary/aromatic N) is 2. The lowest BCUT2D eigenvalue weighted by molar-refractivity contribution is 0.414. The van der Waals surface area contributed by atoms with Crippen LogP contribution in [0.5, 0.6) is 5.75 Å². The molecule has 0 atom stereocenters. The molecule has 0 fully saturated rings. The molecular weight excluding hydrogens is 386 g/mol. The summed E-state index contributed by atoms with van der Waals surface area (Å²) >= 11 is 4.97. The van der Waals surface area contributed by atoms with Gasteiger partial charge >= 0.3 is 0 Å². The molecule has 0 aliphatic heterocycles. The fraction of sp³-hybridized carbons (Fsp3) is 0.111. The van der Waals surface area contributed by atoms with Crippen LogP contribution in [0.25, 0.3) is 11.3 Å². The van der Waals surface area contributed by atoms with E-state index in [2.05, 4.69) is 62.6 Å². The van der Waals surface area contributed by atoms with Crippen LogP contribution < -0.4 is 10.2 Å². The molecule has 24 heavy (non-hydrogen) atoms. The summed E-state index contributed by atoms with van der Waals surface area (Å²) in [7, 11) is 1.64. The molecule has 122 valence electrons. The molecule has 1 heterocycles. The zero-order valence-corrected chi connectivity index (χ0v) is 15.7. The summed E-state index contributed by atoms with van der Waals surface area (Å²) in [6.45, 7) is 2.07. The summed E-state index contributed by atoms with van der Waals surface area (Å²) in [6, 6.07) is 14.1. The largest absolute Gasteiger partial charge is 0.496 e. The molecule has 0 unspecified atom stereocenters. The Morgan fingerprint density at radius 2 is 2.00 bits per heavy atom. The lowest BCUT2D eigenvalue weighted by Crippen LogP contribution is -1.94. The molecule has 2 aromatic carbocycles. The third-order valence-corrected chi connectivity index (χ3v) is 4.65. The maximum absolute atomic E-state index is 5.32. The van der Waals surface area contributed by atoms with Gasteiger partial charge in [-0.2, -0.15) is 5.10 Å². The number of rotatable bonds is 5. The highest BCUT2D eigenvalue weighted by Crippen LogP contribution is 2.25. The van der Waals surface area contributed by atoms with E-state index in [1.165, 1.54) is 16.9 Å². The van der Waals surface area contributed by atoms with E-state index < -0.39 is 0 Å². The van der Waals surface area contributed by atoms with Gasteiger partial charge in [0.2, 0.25) is 5.13 Å². The highest BCUT2D eigenvalue weighted by Gasteiger charge is 2.04. The first-order valence-corrected chi connectivity index (χ1v) is 8.98. The first-order chi connectivity index (χ1) is 11.7. The molecule has 0 aliphatic rings. The molecular formula is C18H16BrN3OS. The maximum Gasteiger partial charge on any atom is 0.203 e. The van der Waals surface area contributed by atoms with Gasteiger partial charge in [-0.15, -0.1) is 11.3 Å². The molecule has 0 saturated carbocycles. The predicted octanol–water partition coefficient (Wildman–Crippen LogP) is 5.34. The molecule has 1 aromatic heterocycles. The third-order valence-electron chi connectivity index (χ3n) is 3.41. The van der Waals surface area contributed by atoms with E-state index in [0.717, 1.165) is 32.2 Å². The molecule has 3 aromatic rings. The molecule has 1 N–H and O–H groups in total. The number of ether oxygens (including phenoxy) is 1. The van der Waals surface area contributed by atoms with E-state index >= 15 is 0 Å². The van der Waals surface area contributed by atoms with Crippen LogP contribution in [0.15, 0.2) is 57.4 Å². The zero-order chi connectivity index (χ0) is 16.9. The van der Waals surface area contributed by atoms with E-state index in [4.69, 9.17) is 4.74 Å². The van der Waals surface area contributed by atoms with Crippen LogP contribution in [0.3, 0.4) is 0 Å². The van der Waals surface area contributed by atoms with Crippen LogP contribution >= 0.6 is 27.3 Å². The highest BCUT2D eigenvalue weighted by molar-refractivity contribution is 9.10. The second-order valence-corrected chi connectivity index (χ2v) is 6.93. The summed E-state index contributed by atoms with van der Waals surface area (Å²) in [4.78, 5) is 4.55. The van der Waals surface area contributed by atoms with Gasteiger partial charge in [0.15, 0.2) is 0 Å². The molecule has 0 spiro atoms. The molecule has 3 rings (SSSR count). The Morgan fingerprint density at radius 1 is 1.21 bits per heavy atom. The zero-order valence-electron chi connectivity index (χ0n) is 13.3. The number of nitrogens with one attached hydrogen (secondary N) is 1. The van der Waals surface area contributed by atoms with Gasteiger partial charge < -0.3 is 4.74 Å². The van der Waals surface area contributed by atoms with Crippen LogP contribution in [0.4, 0.5) is 5.13 Å². The number of aryl methyl sites for hydroxylation is 1. The number of aromatic nitrogens is 1. The molecule has 0 amide bonds. The van der Waals surface area contributed by atoms with Gasteiger partial charge in [0.1, 0.15) is 5.75 Å². The van der Waals surface area contributed by atoms with Gasteiger partial charge in [0, 0.05) is 21.0 Å². The van der Waals surface area contributed by atoms with Gasteiger partial charge in [-0.05, 0) is 25.1 Å². The quantitative estimate of drug-likeness (QED) is 0.463. The Labute approximate surface area is 153 Å². The van der Waals surface area contributed by atoms with Crippen molar-refractivity contribution in [2.45, 2.75) is 6.92 Å². The highest BCUT2D eigenvalue weighted by atomic mass is 79.9. The maximum atomic E-state index is 5.32. The fourth-order valence-electron chi connectivity index (χ4n) is 2.15. The second kappa shape index (κ2) is 7.59. The first kappa shape index (κ1) is 16.7. The van der Waals surface area contributed by atoms with Crippen molar-refractivity contribution >= 4 is 38.6 Å². The normalized spacial score (nSPS) is 11.0. The van der Waals surface area contributed by atoms with Crippen molar-refractivity contribution < 1.29 is 4.74 Å². The fourth-order valence-corrected chi connectivity index (χ4v) is 3.19. The van der Waals surface area contributed by atoms with Crippen LogP contribution in [-0.2, 0) is 0 Å². The van der Waals surface area contributed by atoms with E-state index in [-0.39, 0.29) is 0 Å². The van der Waals surface area contributed by atoms with Crippen LogP contribution in [0.1, 0.15) is 11.1 Å². The lowest BCUT2D eigenvalue weighted by atomic mass is 10.1. The predicted molar refractivity (Wildman–Crippen MR) is 104 cm³/mol. The van der Waals surface area contributed by atoms with Crippen molar-refractivity contribution in [3.63, 3.8) is 0 Å². The monoisotopic (exact) mass is 401 g/mol. The van der Waals surface area contributed by atoms with Crippen LogP contribution in [-0.4, -0.2) is 18.3 Å². The third kappa shape index (κ3) is 4.01. The van der Waals surface area contributed by atoms with Gasteiger partial charge in [0.05, 0.1) is 19.0 Å². The number of benzene rings is 2. The lowest BCUT2D eigenvalue weighted by Gasteiger charge is -2.04. The van der Waals surface area contributed by atoms with Gasteiger partial charge in [0.25, 0.3) is 0 Å². The minimum Gasteiger partial charge on any atom is -0.496 e. The summed E-state index contributed by atoms with van der Waals surface area (Å²) in [5.41, 5.74) is 7.13. The number of methoxy groups -OCH3 is 1. The minimum absolute atomic E-state index is 0.746. The van der Waals surface area contributed by atoms with E-state index in [9.17, 15) is 0 Å². The van der Waals surface area contributed by atoms with Crippen molar-refractivity contribution in [2.24, 2.45) is 5.10 Å². The van der Waals surface area contributed by atoms with Crippen molar-refractivity contribution in [1.82, 2.24) is 4.98 Å². The van der Waals surface area contributed by atoms with Crippen molar-refractivity contribution in [3.8, 4) is 17.0 Å². The van der Waals surface area contributed by atoms with Crippen LogP contribution in [0, 0.1) is 6.92 Å². The van der Waals surface area contributed by atoms with Crippen molar-refractivity contribution in [3.05, 3.63) is 63.4 Å². The molecule has 4 nitrogen and oxygen atoms in total. The number of hydrogen-bond acceptors (Lipinski definition) is 5. The number of hydrazone groups is 1. The SMILES string of the molecule is COc1ccc(Br)cc1/C=N\Nc1nc(-c2ccc(C)cc2)cs1. The molecule has 0 bridgehead atoms. The second-order valence-electron chi connectivity index (χ2n) is 5.16. The average Bonchev–Trinajstić information content (AvgIpc) is 3.05. The van der Waals surface area contributed by atoms with Crippen molar-refractivity contribution in [2.75, 3.05) is 12.5 Å². The first-order valence-electron chi connectivity index (χ1n) is 7.31. The topological polar surface area (TPSA) is 46.5 Å². The Bertz CT molecular complexity index is 859. The Balaban J connectivity index is 1.71. The number of halogens is 1. The minimum atomic E-state index is 0.746. The molecule has 0 radical (unpaired) electrons. The van der Waals surface area contributed by atoms with Gasteiger partial charge in [-0.1, -0.05) is 45.8 Å². The van der Waals surface area contributed by atoms with Crippen LogP contribution in [0.2, 0.25) is 0 Å². The van der Waals surface area contributed by atoms with E-state index in [1.807, 2.05) is 23.6 Å². The Morgan fingerprint density at radius 3 is 2.75 bits per heavy atom. The number of thiazole rings is 1. The summed E-state index contributed by atoms with van der Waals surface area (Å²) in [5.74, 6) is 0.767. The number of hydrogen-bond donors (Lipinski definition) is 1. The number of anilines is 1. The van der Waals surface area contributed by atoms with Crippen molar-refractivity contribution in [1.29, 1.82) is 0 Å². The van der Waals surface area contributed by atoms with Gasteiger partial charge in [-0.25, -0.2) is 4.98 Å². The van der Waals surface area contributed by atoms with E-state index in [0.29, 0.717) is 0 Å². The summed E-state index contributed by atoms with van der Waals surface area (Å²) in [5, 5.41) is 7.02. The summed E-state index contributed by atoms with van der Waals surface area (Å²) < 4.78 is 6.29. The molecule has 0 aliphatic carbocycles. The molecule has 6 heteroatoms. The summed E-state index contributed by atoms with van der Waals surface area (Å²) in [6.07, 6.45) is 1.72. The average molecular weight is 402 g/mol. The Hall–Kier alpha value is -2.18. The standard InChI is InChI=1S/C18H16BrN3OS/c1-12-3-5-13(6-4-12)16-11-24-18(21-16)22-20-10-14-9-15(19)7-8-17(14)23-2/h3-11H,1-2H3,(H,21,22)/b20-10-. The van der Waals surface area contributed by atoms with Gasteiger partial charge in [-0.3, -0.25) is 5.43 Å². The van der Waals surface area contributed by atoms with E-state index in [1.54, 1.807) is 13.3 Å². The Kier molecular flexibility index (Phi) is 5.27.